The van der Waals surface area contributed by atoms with E-state index in [9.17, 15) is 18.0 Å². The van der Waals surface area contributed by atoms with Crippen LogP contribution < -0.4 is 5.32 Å². The zero-order valence-corrected chi connectivity index (χ0v) is 14.1. The molecule has 1 rings (SSSR count). The van der Waals surface area contributed by atoms with Crippen LogP contribution in [0.15, 0.2) is 22.7 Å². The Balaban J connectivity index is 2.90. The van der Waals surface area contributed by atoms with Crippen molar-refractivity contribution in [2.24, 2.45) is 5.41 Å². The van der Waals surface area contributed by atoms with E-state index in [1.165, 1.54) is 12.1 Å². The monoisotopic (exact) mass is 415 g/mol. The first-order chi connectivity index (χ1) is 9.07. The molecule has 1 N–H and O–H groups in total. The molecule has 0 unspecified atom stereocenters. The predicted molar refractivity (Wildman–Crippen MR) is 79.1 cm³/mol. The number of rotatable bonds is 4. The van der Waals surface area contributed by atoms with Gasteiger partial charge in [-0.25, -0.2) is 0 Å². The van der Waals surface area contributed by atoms with E-state index in [4.69, 9.17) is 0 Å². The highest BCUT2D eigenvalue weighted by Gasteiger charge is 2.33. The first kappa shape index (κ1) is 17.5. The summed E-state index contributed by atoms with van der Waals surface area (Å²) in [7, 11) is 0. The highest BCUT2D eigenvalue weighted by atomic mass is 79.9. The van der Waals surface area contributed by atoms with Gasteiger partial charge in [0.1, 0.15) is 0 Å². The van der Waals surface area contributed by atoms with Gasteiger partial charge in [-0.15, -0.1) is 0 Å². The molecule has 2 nitrogen and oxygen atoms in total. The standard InChI is InChI=1S/C13H14Br2F3NO/c1-12(2,6-14)7-19-11(20)8-3-4-10(15)9(5-8)13(16,17)18/h3-5H,6-7H2,1-2H3,(H,19,20). The Morgan fingerprint density at radius 3 is 2.40 bits per heavy atom. The minimum absolute atomic E-state index is 0.00843. The van der Waals surface area contributed by atoms with E-state index in [-0.39, 0.29) is 15.5 Å². The molecule has 0 fully saturated rings. The van der Waals surface area contributed by atoms with Gasteiger partial charge in [0.25, 0.3) is 5.91 Å². The van der Waals surface area contributed by atoms with Gasteiger partial charge in [0.2, 0.25) is 0 Å². The van der Waals surface area contributed by atoms with Crippen LogP contribution in [-0.2, 0) is 6.18 Å². The van der Waals surface area contributed by atoms with Crippen LogP contribution in [0.1, 0.15) is 29.8 Å². The van der Waals surface area contributed by atoms with E-state index in [0.717, 1.165) is 6.07 Å². The lowest BCUT2D eigenvalue weighted by atomic mass is 9.96. The number of alkyl halides is 4. The van der Waals surface area contributed by atoms with Gasteiger partial charge in [0, 0.05) is 21.9 Å². The third-order valence-corrected chi connectivity index (χ3v) is 4.83. The Labute approximate surface area is 132 Å². The largest absolute Gasteiger partial charge is 0.417 e. The van der Waals surface area contributed by atoms with Crippen LogP contribution in [0, 0.1) is 5.41 Å². The van der Waals surface area contributed by atoms with Crippen molar-refractivity contribution in [3.05, 3.63) is 33.8 Å². The van der Waals surface area contributed by atoms with Gasteiger partial charge in [0.15, 0.2) is 0 Å². The highest BCUT2D eigenvalue weighted by molar-refractivity contribution is 9.10. The zero-order valence-electron chi connectivity index (χ0n) is 10.9. The van der Waals surface area contributed by atoms with E-state index in [1.807, 2.05) is 13.8 Å². The summed E-state index contributed by atoms with van der Waals surface area (Å²) >= 11 is 6.16. The Kier molecular flexibility index (Phi) is 5.66. The van der Waals surface area contributed by atoms with Crippen LogP contribution in [0.4, 0.5) is 13.2 Å². The molecule has 0 heterocycles. The number of amides is 1. The summed E-state index contributed by atoms with van der Waals surface area (Å²) in [4.78, 5) is 11.9. The van der Waals surface area contributed by atoms with Gasteiger partial charge in [-0.1, -0.05) is 45.7 Å². The molecule has 112 valence electrons. The van der Waals surface area contributed by atoms with Crippen molar-refractivity contribution in [3.63, 3.8) is 0 Å². The average Bonchev–Trinajstić information content (AvgIpc) is 2.35. The van der Waals surface area contributed by atoms with Gasteiger partial charge in [-0.05, 0) is 23.6 Å². The molecule has 0 aliphatic carbocycles. The van der Waals surface area contributed by atoms with E-state index in [0.29, 0.717) is 11.9 Å². The Morgan fingerprint density at radius 2 is 1.90 bits per heavy atom. The zero-order chi connectivity index (χ0) is 15.6. The molecule has 0 radical (unpaired) electrons. The van der Waals surface area contributed by atoms with Gasteiger partial charge < -0.3 is 5.32 Å². The number of hydrogen-bond donors (Lipinski definition) is 1. The molecule has 1 aromatic carbocycles. The quantitative estimate of drug-likeness (QED) is 0.713. The molecular weight excluding hydrogens is 403 g/mol. The minimum Gasteiger partial charge on any atom is -0.351 e. The maximum Gasteiger partial charge on any atom is 0.417 e. The van der Waals surface area contributed by atoms with E-state index in [1.54, 1.807) is 0 Å². The lowest BCUT2D eigenvalue weighted by Crippen LogP contribution is -2.35. The fraction of sp³-hybridized carbons (Fsp3) is 0.462. The maximum atomic E-state index is 12.8. The molecule has 0 bridgehead atoms. The van der Waals surface area contributed by atoms with E-state index in [2.05, 4.69) is 37.2 Å². The van der Waals surface area contributed by atoms with Crippen molar-refractivity contribution >= 4 is 37.8 Å². The fourth-order valence-electron chi connectivity index (χ4n) is 1.35. The fourth-order valence-corrected chi connectivity index (χ4v) is 2.02. The highest BCUT2D eigenvalue weighted by Crippen LogP contribution is 2.35. The van der Waals surface area contributed by atoms with Crippen LogP contribution in [-0.4, -0.2) is 17.8 Å². The topological polar surface area (TPSA) is 29.1 Å². The van der Waals surface area contributed by atoms with Gasteiger partial charge in [-0.3, -0.25) is 4.79 Å². The van der Waals surface area contributed by atoms with Crippen LogP contribution in [0.5, 0.6) is 0 Å². The van der Waals surface area contributed by atoms with Crippen molar-refractivity contribution in [1.29, 1.82) is 0 Å². The van der Waals surface area contributed by atoms with Gasteiger partial charge >= 0.3 is 6.18 Å². The molecule has 0 atom stereocenters. The first-order valence-electron chi connectivity index (χ1n) is 5.78. The maximum absolute atomic E-state index is 12.8. The molecule has 0 saturated heterocycles. The predicted octanol–water partition coefficient (Wildman–Crippen LogP) is 4.62. The van der Waals surface area contributed by atoms with Crippen molar-refractivity contribution in [2.75, 3.05) is 11.9 Å². The molecule has 0 aliphatic rings. The van der Waals surface area contributed by atoms with E-state index >= 15 is 0 Å². The summed E-state index contributed by atoms with van der Waals surface area (Å²) < 4.78 is 38.2. The minimum atomic E-state index is -4.50. The molecule has 0 aliphatic heterocycles. The summed E-state index contributed by atoms with van der Waals surface area (Å²) in [6.45, 7) is 4.24. The number of nitrogens with one attached hydrogen (secondary N) is 1. The molecule has 20 heavy (non-hydrogen) atoms. The summed E-state index contributed by atoms with van der Waals surface area (Å²) in [6.07, 6.45) is -4.50. The number of carbonyl (C=O) groups excluding carboxylic acids is 1. The molecule has 1 amide bonds. The second-order valence-electron chi connectivity index (χ2n) is 5.17. The van der Waals surface area contributed by atoms with Crippen molar-refractivity contribution in [2.45, 2.75) is 20.0 Å². The van der Waals surface area contributed by atoms with Crippen molar-refractivity contribution in [1.82, 2.24) is 5.32 Å². The van der Waals surface area contributed by atoms with Gasteiger partial charge in [-0.2, -0.15) is 13.2 Å². The molecular formula is C13H14Br2F3NO. The number of hydrogen-bond acceptors (Lipinski definition) is 1. The SMILES string of the molecule is CC(C)(CBr)CNC(=O)c1ccc(Br)c(C(F)(F)F)c1. The van der Waals surface area contributed by atoms with Crippen molar-refractivity contribution < 1.29 is 18.0 Å². The van der Waals surface area contributed by atoms with Crippen LogP contribution in [0.3, 0.4) is 0 Å². The molecule has 1 aromatic rings. The lowest BCUT2D eigenvalue weighted by Gasteiger charge is -2.22. The lowest BCUT2D eigenvalue weighted by molar-refractivity contribution is -0.138. The summed E-state index contributed by atoms with van der Waals surface area (Å²) in [5.41, 5.74) is -1.03. The summed E-state index contributed by atoms with van der Waals surface area (Å²) in [6, 6.07) is 3.43. The normalized spacial score (nSPS) is 12.3. The van der Waals surface area contributed by atoms with Gasteiger partial charge in [0.05, 0.1) is 5.56 Å². The number of benzene rings is 1. The third kappa shape index (κ3) is 4.77. The Morgan fingerprint density at radius 1 is 1.30 bits per heavy atom. The average molecular weight is 417 g/mol. The second-order valence-corrected chi connectivity index (χ2v) is 6.59. The molecule has 0 spiro atoms. The van der Waals surface area contributed by atoms with Crippen molar-refractivity contribution in [3.8, 4) is 0 Å². The number of carbonyl (C=O) groups is 1. The third-order valence-electron chi connectivity index (χ3n) is 2.62. The van der Waals surface area contributed by atoms with E-state index < -0.39 is 17.6 Å². The molecule has 0 saturated carbocycles. The molecule has 0 aromatic heterocycles. The summed E-state index contributed by atoms with van der Waals surface area (Å²) in [5.74, 6) is -0.517. The van der Waals surface area contributed by atoms with Crippen LogP contribution >= 0.6 is 31.9 Å². The smallest absolute Gasteiger partial charge is 0.351 e. The number of halogens is 5. The summed E-state index contributed by atoms with van der Waals surface area (Å²) in [5, 5.41) is 3.31. The second kappa shape index (κ2) is 6.47. The Bertz CT molecular complexity index is 501. The first-order valence-corrected chi connectivity index (χ1v) is 7.69. The van der Waals surface area contributed by atoms with Crippen LogP contribution in [0.2, 0.25) is 0 Å². The molecule has 7 heteroatoms. The Hall–Kier alpha value is -0.560. The van der Waals surface area contributed by atoms with Crippen LogP contribution in [0.25, 0.3) is 0 Å².